The van der Waals surface area contributed by atoms with Crippen LogP contribution < -0.4 is 4.90 Å². The zero-order valence-electron chi connectivity index (χ0n) is 15.9. The normalized spacial score (nSPS) is 21.2. The molecule has 1 fully saturated rings. The summed E-state index contributed by atoms with van der Waals surface area (Å²) in [5, 5.41) is 0.0810. The number of carbonyl (C=O) groups is 1. The average molecular weight is 488 g/mol. The first-order valence-electron chi connectivity index (χ1n) is 9.00. The van der Waals surface area contributed by atoms with Crippen LogP contribution in [0.3, 0.4) is 0 Å². The average Bonchev–Trinajstić information content (AvgIpc) is 2.89. The number of halogens is 4. The van der Waals surface area contributed by atoms with Gasteiger partial charge in [0, 0.05) is 18.5 Å². The highest BCUT2D eigenvalue weighted by atomic mass is 79.9. The van der Waals surface area contributed by atoms with Gasteiger partial charge >= 0.3 is 6.09 Å². The van der Waals surface area contributed by atoms with Gasteiger partial charge < -0.3 is 9.64 Å². The molecule has 0 N–H and O–H groups in total. The number of ether oxygens (including phenoxy) is 1. The molecule has 2 aliphatic heterocycles. The van der Waals surface area contributed by atoms with Crippen LogP contribution in [0.5, 0.6) is 0 Å². The van der Waals surface area contributed by atoms with Crippen molar-refractivity contribution in [3.63, 3.8) is 0 Å². The molecule has 29 heavy (non-hydrogen) atoms. The summed E-state index contributed by atoms with van der Waals surface area (Å²) < 4.78 is 33.9. The molecule has 1 amide bonds. The van der Waals surface area contributed by atoms with Gasteiger partial charge in [-0.1, -0.05) is 12.2 Å². The van der Waals surface area contributed by atoms with Crippen molar-refractivity contribution in [2.45, 2.75) is 38.5 Å². The first-order valence-corrected chi connectivity index (χ1v) is 10.2. The van der Waals surface area contributed by atoms with E-state index in [1.54, 1.807) is 4.90 Å². The molecule has 2 atom stereocenters. The lowest BCUT2D eigenvalue weighted by Gasteiger charge is -2.42. The molecular weight excluding hydrogens is 470 g/mol. The lowest BCUT2D eigenvalue weighted by Crippen LogP contribution is -2.57. The Balaban J connectivity index is 1.69. The van der Waals surface area contributed by atoms with Crippen molar-refractivity contribution in [1.82, 2.24) is 14.9 Å². The SMILES string of the molecule is CC(C)(C)OC(=O)N1C2C=CC1CN(c1nc(Cl)nc3c(F)c(Br)c(F)cc13)C2. The van der Waals surface area contributed by atoms with Crippen molar-refractivity contribution in [1.29, 1.82) is 0 Å². The van der Waals surface area contributed by atoms with Gasteiger partial charge in [-0.25, -0.2) is 18.6 Å². The fourth-order valence-electron chi connectivity index (χ4n) is 3.64. The highest BCUT2D eigenvalue weighted by Crippen LogP contribution is 2.35. The highest BCUT2D eigenvalue weighted by Gasteiger charge is 2.42. The van der Waals surface area contributed by atoms with E-state index in [1.165, 1.54) is 6.07 Å². The van der Waals surface area contributed by atoms with E-state index in [1.807, 2.05) is 37.8 Å². The second-order valence-corrected chi connectivity index (χ2v) is 9.14. The number of piperazine rings is 1. The monoisotopic (exact) mass is 486 g/mol. The third-order valence-electron chi connectivity index (χ3n) is 4.77. The Hall–Kier alpha value is -2.00. The Morgan fingerprint density at radius 2 is 1.86 bits per heavy atom. The first kappa shape index (κ1) is 20.3. The standard InChI is InChI=1S/C19H18BrClF2N4O2/c1-19(2,3)29-18(28)27-9-4-5-10(27)8-26(7-9)16-11-6-12(22)13(20)14(23)15(11)24-17(21)25-16/h4-6,9-10H,7-8H2,1-3H3. The molecule has 2 unspecified atom stereocenters. The number of rotatable bonds is 1. The maximum absolute atomic E-state index is 14.5. The molecule has 0 spiro atoms. The van der Waals surface area contributed by atoms with Gasteiger partial charge in [0.1, 0.15) is 22.8 Å². The van der Waals surface area contributed by atoms with Crippen LogP contribution in [0.2, 0.25) is 5.28 Å². The summed E-state index contributed by atoms with van der Waals surface area (Å²) in [6.45, 7) is 6.20. The maximum atomic E-state index is 14.5. The van der Waals surface area contributed by atoms with E-state index in [2.05, 4.69) is 25.9 Å². The van der Waals surface area contributed by atoms with Crippen molar-refractivity contribution in [3.8, 4) is 0 Å². The molecule has 0 radical (unpaired) electrons. The molecule has 2 aromatic rings. The molecule has 154 valence electrons. The van der Waals surface area contributed by atoms with E-state index >= 15 is 0 Å². The number of amides is 1. The summed E-state index contributed by atoms with van der Waals surface area (Å²) in [5.41, 5.74) is -0.671. The second-order valence-electron chi connectivity index (χ2n) is 8.01. The van der Waals surface area contributed by atoms with E-state index in [9.17, 15) is 13.6 Å². The Bertz CT molecular complexity index is 1030. The second kappa shape index (κ2) is 7.05. The van der Waals surface area contributed by atoms with Crippen molar-refractivity contribution < 1.29 is 18.3 Å². The summed E-state index contributed by atoms with van der Waals surface area (Å²) in [4.78, 5) is 24.3. The third-order valence-corrected chi connectivity index (χ3v) is 5.66. The minimum Gasteiger partial charge on any atom is -0.444 e. The van der Waals surface area contributed by atoms with Crippen molar-refractivity contribution in [2.75, 3.05) is 18.0 Å². The number of benzene rings is 1. The number of anilines is 1. The molecule has 0 saturated carbocycles. The van der Waals surface area contributed by atoms with Crippen LogP contribution in [0.4, 0.5) is 19.4 Å². The topological polar surface area (TPSA) is 58.6 Å². The molecule has 1 aromatic carbocycles. The fraction of sp³-hybridized carbons (Fsp3) is 0.421. The van der Waals surface area contributed by atoms with Crippen LogP contribution in [0, 0.1) is 11.6 Å². The summed E-state index contributed by atoms with van der Waals surface area (Å²) >= 11 is 8.91. The number of aromatic nitrogens is 2. The number of carbonyl (C=O) groups excluding carboxylic acids is 1. The van der Waals surface area contributed by atoms with Gasteiger partial charge in [0.05, 0.1) is 16.6 Å². The Morgan fingerprint density at radius 1 is 1.24 bits per heavy atom. The Kier molecular flexibility index (Phi) is 4.93. The van der Waals surface area contributed by atoms with E-state index in [4.69, 9.17) is 16.3 Å². The molecular formula is C19H18BrClF2N4O2. The van der Waals surface area contributed by atoms with E-state index in [0.29, 0.717) is 18.9 Å². The Morgan fingerprint density at radius 3 is 2.45 bits per heavy atom. The van der Waals surface area contributed by atoms with Gasteiger partial charge in [-0.3, -0.25) is 4.90 Å². The molecule has 6 nitrogen and oxygen atoms in total. The summed E-state index contributed by atoms with van der Waals surface area (Å²) in [6, 6.07) is 0.680. The fourth-order valence-corrected chi connectivity index (χ4v) is 4.11. The molecule has 3 heterocycles. The predicted octanol–water partition coefficient (Wildman–Crippen LogP) is 4.69. The third kappa shape index (κ3) is 3.66. The number of nitrogens with zero attached hydrogens (tertiary/aromatic N) is 4. The van der Waals surface area contributed by atoms with Crippen molar-refractivity contribution in [3.05, 3.63) is 39.6 Å². The van der Waals surface area contributed by atoms with Gasteiger partial charge in [0.25, 0.3) is 0 Å². The molecule has 0 aliphatic carbocycles. The molecule has 1 aromatic heterocycles. The van der Waals surface area contributed by atoms with E-state index in [0.717, 1.165) is 0 Å². The van der Waals surface area contributed by atoms with Crippen LogP contribution in [0.15, 0.2) is 22.7 Å². The van der Waals surface area contributed by atoms with Crippen LogP contribution in [0.1, 0.15) is 20.8 Å². The van der Waals surface area contributed by atoms with Gasteiger partial charge in [0.2, 0.25) is 5.28 Å². The predicted molar refractivity (Wildman–Crippen MR) is 109 cm³/mol. The van der Waals surface area contributed by atoms with Crippen molar-refractivity contribution >= 4 is 50.3 Å². The molecule has 2 aliphatic rings. The minimum atomic E-state index is -0.834. The Labute approximate surface area is 179 Å². The van der Waals surface area contributed by atoms with Crippen LogP contribution in [0.25, 0.3) is 10.9 Å². The van der Waals surface area contributed by atoms with Crippen molar-refractivity contribution in [2.24, 2.45) is 0 Å². The molecule has 1 saturated heterocycles. The molecule has 2 bridgehead atoms. The lowest BCUT2D eigenvalue weighted by molar-refractivity contribution is 0.0146. The zero-order valence-corrected chi connectivity index (χ0v) is 18.3. The van der Waals surface area contributed by atoms with Gasteiger partial charge in [-0.05, 0) is 54.4 Å². The highest BCUT2D eigenvalue weighted by molar-refractivity contribution is 9.10. The van der Waals surface area contributed by atoms with E-state index in [-0.39, 0.29) is 32.7 Å². The van der Waals surface area contributed by atoms with Crippen LogP contribution in [-0.2, 0) is 4.74 Å². The van der Waals surface area contributed by atoms with E-state index < -0.39 is 23.3 Å². The minimum absolute atomic E-state index is 0.0665. The smallest absolute Gasteiger partial charge is 0.411 e. The summed E-state index contributed by atoms with van der Waals surface area (Å²) in [6.07, 6.45) is 3.46. The van der Waals surface area contributed by atoms with Gasteiger partial charge in [-0.2, -0.15) is 4.98 Å². The summed E-state index contributed by atoms with van der Waals surface area (Å²) in [5.74, 6) is -1.26. The van der Waals surface area contributed by atoms with Crippen LogP contribution >= 0.6 is 27.5 Å². The lowest BCUT2D eigenvalue weighted by atomic mass is 10.1. The maximum Gasteiger partial charge on any atom is 0.411 e. The van der Waals surface area contributed by atoms with Crippen LogP contribution in [-0.4, -0.2) is 51.7 Å². The largest absolute Gasteiger partial charge is 0.444 e. The number of hydrogen-bond donors (Lipinski definition) is 0. The number of fused-ring (bicyclic) bond motifs is 3. The molecule has 4 rings (SSSR count). The van der Waals surface area contributed by atoms with Gasteiger partial charge in [0.15, 0.2) is 5.82 Å². The summed E-state index contributed by atoms with van der Waals surface area (Å²) in [7, 11) is 0. The number of hydrogen-bond acceptors (Lipinski definition) is 5. The van der Waals surface area contributed by atoms with Gasteiger partial charge in [-0.15, -0.1) is 0 Å². The first-order chi connectivity index (χ1) is 13.5. The quantitative estimate of drug-likeness (QED) is 0.332. The zero-order chi connectivity index (χ0) is 21.1. The molecule has 10 heteroatoms.